The molecule has 2 amide bonds. The zero-order valence-corrected chi connectivity index (χ0v) is 18.0. The van der Waals surface area contributed by atoms with Crippen LogP contribution in [0.4, 0.5) is 0 Å². The van der Waals surface area contributed by atoms with Crippen molar-refractivity contribution >= 4 is 11.8 Å². The minimum absolute atomic E-state index is 0.00555. The third-order valence-electron chi connectivity index (χ3n) is 4.45. The van der Waals surface area contributed by atoms with E-state index in [9.17, 15) is 9.59 Å². The molecule has 0 aromatic rings. The maximum Gasteiger partial charge on any atom is 0.236 e. The molecule has 0 aliphatic rings. The first-order valence-corrected chi connectivity index (χ1v) is 10.9. The lowest BCUT2D eigenvalue weighted by molar-refractivity contribution is -0.124. The Morgan fingerprint density at radius 2 is 1.21 bits per heavy atom. The van der Waals surface area contributed by atoms with E-state index >= 15 is 0 Å². The van der Waals surface area contributed by atoms with Crippen LogP contribution in [-0.4, -0.2) is 63.7 Å². The van der Waals surface area contributed by atoms with Crippen molar-refractivity contribution < 1.29 is 9.59 Å². The van der Waals surface area contributed by atoms with E-state index in [0.717, 1.165) is 71.2 Å². The second kappa shape index (κ2) is 19.1. The lowest BCUT2D eigenvalue weighted by atomic mass is 10.1. The van der Waals surface area contributed by atoms with Crippen LogP contribution in [0.25, 0.3) is 0 Å². The minimum atomic E-state index is -0.472. The lowest BCUT2D eigenvalue weighted by Crippen LogP contribution is -2.41. The molecule has 0 rings (SSSR count). The Kier molecular flexibility index (Phi) is 18.3. The van der Waals surface area contributed by atoms with Gasteiger partial charge >= 0.3 is 0 Å². The summed E-state index contributed by atoms with van der Waals surface area (Å²) >= 11 is 0. The first-order chi connectivity index (χ1) is 13.5. The van der Waals surface area contributed by atoms with Crippen molar-refractivity contribution in [1.82, 2.24) is 21.3 Å². The molecule has 8 N–H and O–H groups in total. The first-order valence-electron chi connectivity index (χ1n) is 10.9. The number of amides is 2. The Morgan fingerprint density at radius 1 is 0.714 bits per heavy atom. The number of nitrogens with two attached hydrogens (primary N) is 2. The largest absolute Gasteiger partial charge is 0.356 e. The SMILES string of the molecule is CC(C)C(=O)NCCCC[C@H](N)C(=O)NCCCNCCCCNCCCN. The van der Waals surface area contributed by atoms with Gasteiger partial charge in [-0.1, -0.05) is 13.8 Å². The molecule has 0 bridgehead atoms. The van der Waals surface area contributed by atoms with E-state index in [2.05, 4.69) is 21.3 Å². The van der Waals surface area contributed by atoms with Crippen molar-refractivity contribution in [2.45, 2.75) is 64.8 Å². The van der Waals surface area contributed by atoms with E-state index in [1.807, 2.05) is 13.8 Å². The van der Waals surface area contributed by atoms with Gasteiger partial charge in [0.2, 0.25) is 11.8 Å². The predicted molar refractivity (Wildman–Crippen MR) is 116 cm³/mol. The third kappa shape index (κ3) is 16.9. The van der Waals surface area contributed by atoms with Crippen LogP contribution in [0.15, 0.2) is 0 Å². The third-order valence-corrected chi connectivity index (χ3v) is 4.45. The van der Waals surface area contributed by atoms with Crippen molar-refractivity contribution in [2.75, 3.05) is 45.8 Å². The fourth-order valence-corrected chi connectivity index (χ4v) is 2.57. The summed E-state index contributed by atoms with van der Waals surface area (Å²) in [7, 11) is 0. The summed E-state index contributed by atoms with van der Waals surface area (Å²) in [5.74, 6) is -0.0180. The van der Waals surface area contributed by atoms with Crippen LogP contribution in [-0.2, 0) is 9.59 Å². The Balaban J connectivity index is 3.40. The lowest BCUT2D eigenvalue weighted by Gasteiger charge is -2.13. The molecule has 0 aromatic heterocycles. The molecule has 0 radical (unpaired) electrons. The van der Waals surface area contributed by atoms with E-state index < -0.39 is 6.04 Å². The molecule has 0 saturated heterocycles. The zero-order chi connectivity index (χ0) is 21.0. The zero-order valence-electron chi connectivity index (χ0n) is 18.0. The molecule has 28 heavy (non-hydrogen) atoms. The number of rotatable bonds is 19. The summed E-state index contributed by atoms with van der Waals surface area (Å²) in [5, 5.41) is 12.5. The maximum atomic E-state index is 11.9. The van der Waals surface area contributed by atoms with Crippen LogP contribution in [0.2, 0.25) is 0 Å². The Bertz CT molecular complexity index is 393. The summed E-state index contributed by atoms with van der Waals surface area (Å²) < 4.78 is 0. The van der Waals surface area contributed by atoms with Gasteiger partial charge in [-0.3, -0.25) is 9.59 Å². The highest BCUT2D eigenvalue weighted by Crippen LogP contribution is 1.99. The number of unbranched alkanes of at least 4 members (excludes halogenated alkanes) is 2. The van der Waals surface area contributed by atoms with Gasteiger partial charge in [-0.05, 0) is 77.7 Å². The molecule has 0 aliphatic heterocycles. The molecule has 8 nitrogen and oxygen atoms in total. The second-order valence-electron chi connectivity index (χ2n) is 7.54. The molecule has 1 atom stereocenters. The van der Waals surface area contributed by atoms with Gasteiger partial charge in [-0.2, -0.15) is 0 Å². The van der Waals surface area contributed by atoms with Gasteiger partial charge in [0.05, 0.1) is 6.04 Å². The number of carbonyl (C=O) groups excluding carboxylic acids is 2. The molecule has 8 heteroatoms. The summed E-state index contributed by atoms with van der Waals surface area (Å²) in [6, 6.07) is -0.472. The average molecular weight is 401 g/mol. The fourth-order valence-electron chi connectivity index (χ4n) is 2.57. The summed E-state index contributed by atoms with van der Waals surface area (Å²) in [5.41, 5.74) is 11.4. The Labute approximate surface area is 171 Å². The van der Waals surface area contributed by atoms with E-state index in [1.165, 1.54) is 0 Å². The highest BCUT2D eigenvalue weighted by molar-refractivity contribution is 5.81. The second-order valence-corrected chi connectivity index (χ2v) is 7.54. The van der Waals surface area contributed by atoms with Crippen molar-refractivity contribution in [3.8, 4) is 0 Å². The van der Waals surface area contributed by atoms with Crippen molar-refractivity contribution in [3.05, 3.63) is 0 Å². The predicted octanol–water partition coefficient (Wildman–Crippen LogP) is 0.0707. The molecule has 0 saturated carbocycles. The van der Waals surface area contributed by atoms with Crippen LogP contribution in [0, 0.1) is 5.92 Å². The van der Waals surface area contributed by atoms with E-state index in [1.54, 1.807) is 0 Å². The van der Waals surface area contributed by atoms with Gasteiger partial charge in [0.1, 0.15) is 0 Å². The van der Waals surface area contributed by atoms with E-state index in [4.69, 9.17) is 11.5 Å². The van der Waals surface area contributed by atoms with Crippen LogP contribution >= 0.6 is 0 Å². The standard InChI is InChI=1S/C20H44N6O2/c1-17(2)19(27)25-15-4-3-9-18(22)20(28)26-16-8-14-24-12-6-5-11-23-13-7-10-21/h17-18,23-24H,3-16,21-22H2,1-2H3,(H,25,27)(H,26,28)/t18-/m0/s1. The van der Waals surface area contributed by atoms with Gasteiger partial charge < -0.3 is 32.7 Å². The molecule has 0 aromatic carbocycles. The number of hydrogen-bond donors (Lipinski definition) is 6. The van der Waals surface area contributed by atoms with Gasteiger partial charge in [-0.15, -0.1) is 0 Å². The van der Waals surface area contributed by atoms with Crippen molar-refractivity contribution in [1.29, 1.82) is 0 Å². The van der Waals surface area contributed by atoms with Crippen molar-refractivity contribution in [3.63, 3.8) is 0 Å². The molecule has 0 aliphatic carbocycles. The van der Waals surface area contributed by atoms with Crippen LogP contribution < -0.4 is 32.7 Å². The summed E-state index contributed by atoms with van der Waals surface area (Å²) in [6.07, 6.45) is 6.54. The molecule has 0 unspecified atom stereocenters. The Hall–Kier alpha value is -1.22. The normalized spacial score (nSPS) is 12.2. The van der Waals surface area contributed by atoms with Crippen LogP contribution in [0.1, 0.15) is 58.8 Å². The molecule has 0 spiro atoms. The number of carbonyl (C=O) groups is 2. The molecule has 166 valence electrons. The smallest absolute Gasteiger partial charge is 0.236 e. The van der Waals surface area contributed by atoms with Gasteiger partial charge in [-0.25, -0.2) is 0 Å². The van der Waals surface area contributed by atoms with Gasteiger partial charge in [0, 0.05) is 19.0 Å². The number of nitrogens with one attached hydrogen (secondary N) is 4. The molecular weight excluding hydrogens is 356 g/mol. The maximum absolute atomic E-state index is 11.9. The highest BCUT2D eigenvalue weighted by Gasteiger charge is 2.12. The van der Waals surface area contributed by atoms with Gasteiger partial charge in [0.25, 0.3) is 0 Å². The topological polar surface area (TPSA) is 134 Å². The fraction of sp³-hybridized carbons (Fsp3) is 0.900. The number of hydrogen-bond acceptors (Lipinski definition) is 6. The first kappa shape index (κ1) is 26.8. The average Bonchev–Trinajstić information content (AvgIpc) is 2.67. The van der Waals surface area contributed by atoms with Crippen molar-refractivity contribution in [2.24, 2.45) is 17.4 Å². The summed E-state index contributed by atoms with van der Waals surface area (Å²) in [6.45, 7) is 9.70. The highest BCUT2D eigenvalue weighted by atomic mass is 16.2. The summed E-state index contributed by atoms with van der Waals surface area (Å²) in [4.78, 5) is 23.4. The van der Waals surface area contributed by atoms with E-state index in [-0.39, 0.29) is 17.7 Å². The Morgan fingerprint density at radius 3 is 1.82 bits per heavy atom. The quantitative estimate of drug-likeness (QED) is 0.170. The minimum Gasteiger partial charge on any atom is -0.356 e. The van der Waals surface area contributed by atoms with Crippen LogP contribution in [0.3, 0.4) is 0 Å². The van der Waals surface area contributed by atoms with Gasteiger partial charge in [0.15, 0.2) is 0 Å². The molecule has 0 heterocycles. The van der Waals surface area contributed by atoms with Crippen LogP contribution in [0.5, 0.6) is 0 Å². The molecule has 0 fully saturated rings. The monoisotopic (exact) mass is 400 g/mol. The van der Waals surface area contributed by atoms with E-state index in [0.29, 0.717) is 19.5 Å². The molecular formula is C20H44N6O2.